The van der Waals surface area contributed by atoms with Crippen LogP contribution in [0.4, 0.5) is 26.3 Å². The van der Waals surface area contributed by atoms with E-state index in [4.69, 9.17) is 4.74 Å². The van der Waals surface area contributed by atoms with Gasteiger partial charge in [-0.1, -0.05) is 19.1 Å². The van der Waals surface area contributed by atoms with E-state index in [-0.39, 0.29) is 53.2 Å². The molecule has 0 fully saturated rings. The van der Waals surface area contributed by atoms with Crippen LogP contribution in [0.3, 0.4) is 0 Å². The fourth-order valence-corrected chi connectivity index (χ4v) is 6.67. The van der Waals surface area contributed by atoms with Crippen molar-refractivity contribution in [3.8, 4) is 11.1 Å². The van der Waals surface area contributed by atoms with Crippen molar-refractivity contribution in [2.24, 2.45) is 5.92 Å². The molecule has 1 aromatic heterocycles. The van der Waals surface area contributed by atoms with Crippen LogP contribution in [0.25, 0.3) is 11.1 Å². The maximum atomic E-state index is 16.1. The van der Waals surface area contributed by atoms with Gasteiger partial charge in [-0.25, -0.2) is 13.2 Å². The number of nitrogens with one attached hydrogen (secondary N) is 1. The molecule has 3 aromatic rings. The molecule has 3 rings (SSSR count). The quantitative estimate of drug-likeness (QED) is 0.0572. The fourth-order valence-electron chi connectivity index (χ4n) is 6.67. The normalized spacial score (nSPS) is 13.3. The summed E-state index contributed by atoms with van der Waals surface area (Å²) in [6.45, 7) is 12.5. The van der Waals surface area contributed by atoms with E-state index in [1.807, 2.05) is 4.90 Å². The molecule has 1 N–H and O–H groups in total. The van der Waals surface area contributed by atoms with E-state index in [2.05, 4.69) is 18.5 Å². The minimum Gasteiger partial charge on any atom is -0.466 e. The second-order valence-corrected chi connectivity index (χ2v) is 13.8. The predicted octanol–water partition coefficient (Wildman–Crippen LogP) is 8.83. The molecule has 1 amide bonds. The lowest BCUT2D eigenvalue weighted by Gasteiger charge is -2.26. The van der Waals surface area contributed by atoms with Crippen LogP contribution in [0.1, 0.15) is 85.9 Å². The van der Waals surface area contributed by atoms with Gasteiger partial charge in [-0.05, 0) is 113 Å². The third kappa shape index (κ3) is 11.7. The number of esters is 1. The summed E-state index contributed by atoms with van der Waals surface area (Å²) >= 11 is 0. The van der Waals surface area contributed by atoms with Crippen molar-refractivity contribution in [1.82, 2.24) is 14.8 Å². The molecule has 0 aliphatic carbocycles. The summed E-state index contributed by atoms with van der Waals surface area (Å²) in [5.41, 5.74) is -2.08. The largest absolute Gasteiger partial charge is 0.466 e. The van der Waals surface area contributed by atoms with Gasteiger partial charge in [0.15, 0.2) is 0 Å². The van der Waals surface area contributed by atoms with Gasteiger partial charge in [0.2, 0.25) is 5.91 Å². The number of rotatable bonds is 19. The Morgan fingerprint density at radius 3 is 2.33 bits per heavy atom. The number of pyridine rings is 1. The molecule has 7 nitrogen and oxygen atoms in total. The number of amides is 1. The topological polar surface area (TPSA) is 80.6 Å². The second-order valence-electron chi connectivity index (χ2n) is 13.8. The van der Waals surface area contributed by atoms with Gasteiger partial charge in [-0.3, -0.25) is 14.4 Å². The highest BCUT2D eigenvalue weighted by Crippen LogP contribution is 2.36. The van der Waals surface area contributed by atoms with Crippen LogP contribution in [-0.4, -0.2) is 48.6 Å². The number of carbonyl (C=O) groups is 2. The van der Waals surface area contributed by atoms with Crippen molar-refractivity contribution in [1.29, 1.82) is 0 Å². The highest BCUT2D eigenvalue weighted by atomic mass is 19.4. The lowest BCUT2D eigenvalue weighted by molar-refractivity contribution is -0.144. The fraction of sp³-hybridized carbons (Fsp3) is 0.439. The first kappa shape index (κ1) is 43.8. The molecule has 1 unspecified atom stereocenters. The summed E-state index contributed by atoms with van der Waals surface area (Å²) in [5.74, 6) is -4.50. The zero-order valence-corrected chi connectivity index (χ0v) is 31.4. The van der Waals surface area contributed by atoms with Gasteiger partial charge in [-0.2, -0.15) is 13.2 Å². The zero-order chi connectivity index (χ0) is 40.3. The molecule has 3 atom stereocenters. The molecule has 0 radical (unpaired) electrons. The van der Waals surface area contributed by atoms with E-state index in [1.165, 1.54) is 31.2 Å². The van der Waals surface area contributed by atoms with Crippen LogP contribution in [0.15, 0.2) is 66.6 Å². The number of hydrogen-bond donors (Lipinski definition) is 1. The SMILES string of the molecule is C=CCCCCc1cc(F)cc(F)c1-c1cc(C)c(F)c([C@H](CC(=O)OCC)NC(=O)[C@H](CC=C)n2cc(CC(C)CN(C)C)c(C(F)(F)F)cc2=O)c1. The number of aryl methyl sites for hydroxylation is 2. The van der Waals surface area contributed by atoms with E-state index < -0.39 is 65.1 Å². The molecule has 1 heterocycles. The first-order valence-electron chi connectivity index (χ1n) is 17.8. The minimum absolute atomic E-state index is 0.0254. The summed E-state index contributed by atoms with van der Waals surface area (Å²) in [6.07, 6.45) is 0.652. The number of unbranched alkanes of at least 4 members (excludes halogenated alkanes) is 2. The number of nitrogens with zero attached hydrogens (tertiary/aromatic N) is 2. The molecule has 54 heavy (non-hydrogen) atoms. The van der Waals surface area contributed by atoms with Crippen LogP contribution >= 0.6 is 0 Å². The second kappa shape index (κ2) is 19.6. The van der Waals surface area contributed by atoms with E-state index in [9.17, 15) is 31.9 Å². The molecule has 2 aromatic carbocycles. The Bertz CT molecular complexity index is 1870. The van der Waals surface area contributed by atoms with Gasteiger partial charge in [0.25, 0.3) is 5.56 Å². The van der Waals surface area contributed by atoms with Gasteiger partial charge in [0, 0.05) is 36.0 Å². The Labute approximate surface area is 312 Å². The van der Waals surface area contributed by atoms with Gasteiger partial charge in [-0.15, -0.1) is 13.2 Å². The van der Waals surface area contributed by atoms with Gasteiger partial charge in [0.05, 0.1) is 24.6 Å². The number of aromatic nitrogens is 1. The number of benzene rings is 2. The van der Waals surface area contributed by atoms with Crippen molar-refractivity contribution in [2.45, 2.75) is 84.0 Å². The Kier molecular flexibility index (Phi) is 15.9. The van der Waals surface area contributed by atoms with Gasteiger partial charge >= 0.3 is 12.1 Å². The number of alkyl halides is 3. The van der Waals surface area contributed by atoms with Crippen LogP contribution in [0.5, 0.6) is 0 Å². The third-order valence-corrected chi connectivity index (χ3v) is 8.92. The molecule has 0 aliphatic rings. The number of halogens is 6. The number of hydrogen-bond acceptors (Lipinski definition) is 5. The highest BCUT2D eigenvalue weighted by molar-refractivity contribution is 5.82. The summed E-state index contributed by atoms with van der Waals surface area (Å²) in [4.78, 5) is 42.1. The summed E-state index contributed by atoms with van der Waals surface area (Å²) in [5, 5.41) is 2.62. The minimum atomic E-state index is -4.85. The summed E-state index contributed by atoms with van der Waals surface area (Å²) in [7, 11) is 3.56. The Hall–Kier alpha value is -4.65. The van der Waals surface area contributed by atoms with Crippen LogP contribution < -0.4 is 10.9 Å². The Morgan fingerprint density at radius 2 is 1.72 bits per heavy atom. The lowest BCUT2D eigenvalue weighted by atomic mass is 9.90. The molecule has 0 bridgehead atoms. The van der Waals surface area contributed by atoms with Crippen molar-refractivity contribution in [3.05, 3.63) is 117 Å². The van der Waals surface area contributed by atoms with E-state index in [0.717, 1.165) is 16.8 Å². The maximum Gasteiger partial charge on any atom is 0.416 e. The molecule has 0 spiro atoms. The van der Waals surface area contributed by atoms with Crippen LogP contribution in [-0.2, 0) is 33.3 Å². The van der Waals surface area contributed by atoms with E-state index in [1.54, 1.807) is 34.0 Å². The molecule has 0 saturated heterocycles. The average Bonchev–Trinajstić information content (AvgIpc) is 3.06. The van der Waals surface area contributed by atoms with Crippen LogP contribution in [0, 0.1) is 30.3 Å². The third-order valence-electron chi connectivity index (χ3n) is 8.92. The van der Waals surface area contributed by atoms with Crippen molar-refractivity contribution in [3.63, 3.8) is 0 Å². The smallest absolute Gasteiger partial charge is 0.416 e. The van der Waals surface area contributed by atoms with Crippen molar-refractivity contribution < 1.29 is 40.7 Å². The van der Waals surface area contributed by atoms with Crippen molar-refractivity contribution in [2.75, 3.05) is 27.2 Å². The van der Waals surface area contributed by atoms with Gasteiger partial charge < -0.3 is 19.5 Å². The van der Waals surface area contributed by atoms with Crippen LogP contribution in [0.2, 0.25) is 0 Å². The summed E-state index contributed by atoms with van der Waals surface area (Å²) in [6, 6.07) is 2.15. The maximum absolute atomic E-state index is 16.1. The summed E-state index contributed by atoms with van der Waals surface area (Å²) < 4.78 is 94.5. The number of allylic oxidation sites excluding steroid dienone is 2. The van der Waals surface area contributed by atoms with E-state index >= 15 is 8.78 Å². The zero-order valence-electron chi connectivity index (χ0n) is 31.4. The lowest BCUT2D eigenvalue weighted by Crippen LogP contribution is -2.40. The predicted molar refractivity (Wildman–Crippen MR) is 197 cm³/mol. The van der Waals surface area contributed by atoms with Gasteiger partial charge in [0.1, 0.15) is 23.5 Å². The van der Waals surface area contributed by atoms with Crippen molar-refractivity contribution >= 4 is 11.9 Å². The number of carbonyl (C=O) groups excluding carboxylic acids is 2. The monoisotopic (exact) mass is 761 g/mol. The first-order valence-corrected chi connectivity index (χ1v) is 17.8. The van der Waals surface area contributed by atoms with E-state index in [0.29, 0.717) is 43.9 Å². The molecule has 0 aliphatic heterocycles. The standard InChI is InChI=1S/C41H49F6N3O4/c1-8-11-12-13-15-27-18-30(42)20-33(43)38(27)28-17-26(5)39(44)31(19-28)34(22-37(52)54-10-3)48-40(53)35(14-9-2)50-24-29(16-25(4)23-49(6)7)32(21-36(50)51)41(45,46)47/h8-9,17-21,24-25,34-35H,1-2,10-16,22-23H2,3-7H3,(H,48,53)/t25?,34-,35-/m0/s1. The molecular formula is C41H49F6N3O4. The first-order chi connectivity index (χ1) is 25.4. The Morgan fingerprint density at radius 1 is 1.02 bits per heavy atom. The molecule has 13 heteroatoms. The molecule has 0 saturated carbocycles. The molecular weight excluding hydrogens is 712 g/mol. The number of ether oxygens (including phenoxy) is 1. The average molecular weight is 762 g/mol. The highest BCUT2D eigenvalue weighted by Gasteiger charge is 2.36. The molecule has 294 valence electrons. The Balaban J connectivity index is 2.17.